The second-order valence-electron chi connectivity index (χ2n) is 2.92. The number of anilines is 1. The van der Waals surface area contributed by atoms with Gasteiger partial charge in [-0.05, 0) is 20.8 Å². The molecule has 0 unspecified atom stereocenters. The molecule has 0 radical (unpaired) electrons. The fourth-order valence-electron chi connectivity index (χ4n) is 0.897. The lowest BCUT2D eigenvalue weighted by atomic mass is 10.3. The maximum absolute atomic E-state index is 5.86. The number of hydrogen-bond acceptors (Lipinski definition) is 3. The molecule has 0 aromatic carbocycles. The third-order valence-corrected chi connectivity index (χ3v) is 1.71. The third-order valence-electron chi connectivity index (χ3n) is 1.42. The molecule has 12 heavy (non-hydrogen) atoms. The Labute approximate surface area is 77.2 Å². The highest BCUT2D eigenvalue weighted by atomic mass is 35.5. The van der Waals surface area contributed by atoms with Crippen LogP contribution in [0.2, 0.25) is 5.15 Å². The molecule has 0 spiro atoms. The summed E-state index contributed by atoms with van der Waals surface area (Å²) in [5.41, 5.74) is 1.71. The zero-order chi connectivity index (χ0) is 9.14. The molecule has 4 heteroatoms. The molecule has 0 bridgehead atoms. The lowest BCUT2D eigenvalue weighted by Crippen LogP contribution is -2.12. The van der Waals surface area contributed by atoms with Crippen LogP contribution in [-0.4, -0.2) is 16.0 Å². The molecule has 0 saturated heterocycles. The standard InChI is InChI=1S/C8H12ClN3/c1-5(2)12-7-6(3)10-4-11-8(7)9/h4-5,12H,1-3H3. The summed E-state index contributed by atoms with van der Waals surface area (Å²) in [6.45, 7) is 5.99. The molecule has 1 N–H and O–H groups in total. The molecule has 66 valence electrons. The van der Waals surface area contributed by atoms with Crippen LogP contribution >= 0.6 is 11.6 Å². The number of halogens is 1. The molecule has 0 aliphatic carbocycles. The second kappa shape index (κ2) is 3.72. The first kappa shape index (κ1) is 9.26. The molecule has 0 amide bonds. The summed E-state index contributed by atoms with van der Waals surface area (Å²) in [5, 5.41) is 3.67. The van der Waals surface area contributed by atoms with Gasteiger partial charge in [-0.1, -0.05) is 11.6 Å². The van der Waals surface area contributed by atoms with Gasteiger partial charge in [-0.3, -0.25) is 0 Å². The van der Waals surface area contributed by atoms with Crippen molar-refractivity contribution in [1.82, 2.24) is 9.97 Å². The lowest BCUT2D eigenvalue weighted by molar-refractivity contribution is 0.889. The average Bonchev–Trinajstić information content (AvgIpc) is 1.97. The summed E-state index contributed by atoms with van der Waals surface area (Å²) < 4.78 is 0. The van der Waals surface area contributed by atoms with E-state index in [1.807, 2.05) is 20.8 Å². The minimum absolute atomic E-state index is 0.340. The Morgan fingerprint density at radius 2 is 2.08 bits per heavy atom. The summed E-state index contributed by atoms with van der Waals surface area (Å²) >= 11 is 5.86. The summed E-state index contributed by atoms with van der Waals surface area (Å²) in [4.78, 5) is 7.92. The molecule has 1 aromatic rings. The van der Waals surface area contributed by atoms with Crippen LogP contribution in [0.1, 0.15) is 19.5 Å². The van der Waals surface area contributed by atoms with Crippen LogP contribution in [0.25, 0.3) is 0 Å². The van der Waals surface area contributed by atoms with Gasteiger partial charge in [0, 0.05) is 6.04 Å². The predicted octanol–water partition coefficient (Wildman–Crippen LogP) is 2.26. The second-order valence-corrected chi connectivity index (χ2v) is 3.28. The molecule has 0 aliphatic rings. The van der Waals surface area contributed by atoms with Crippen LogP contribution in [0, 0.1) is 6.92 Å². The van der Waals surface area contributed by atoms with Gasteiger partial charge in [0.2, 0.25) is 0 Å². The third kappa shape index (κ3) is 2.08. The van der Waals surface area contributed by atoms with E-state index in [1.54, 1.807) is 0 Å². The number of aromatic nitrogens is 2. The topological polar surface area (TPSA) is 37.8 Å². The predicted molar refractivity (Wildman–Crippen MR) is 50.5 cm³/mol. The number of hydrogen-bond donors (Lipinski definition) is 1. The first-order valence-corrected chi connectivity index (χ1v) is 4.22. The van der Waals surface area contributed by atoms with Crippen molar-refractivity contribution in [3.05, 3.63) is 17.2 Å². The van der Waals surface area contributed by atoms with Crippen molar-refractivity contribution in [2.24, 2.45) is 0 Å². The Kier molecular flexibility index (Phi) is 2.87. The normalized spacial score (nSPS) is 10.4. The molecular formula is C8H12ClN3. The zero-order valence-corrected chi connectivity index (χ0v) is 8.18. The fraction of sp³-hybridized carbons (Fsp3) is 0.500. The van der Waals surface area contributed by atoms with Gasteiger partial charge in [0.1, 0.15) is 6.33 Å². The van der Waals surface area contributed by atoms with Crippen molar-refractivity contribution >= 4 is 17.3 Å². The maximum Gasteiger partial charge on any atom is 0.155 e. The van der Waals surface area contributed by atoms with E-state index in [0.29, 0.717) is 11.2 Å². The minimum Gasteiger partial charge on any atom is -0.379 e. The minimum atomic E-state index is 0.340. The molecule has 3 nitrogen and oxygen atoms in total. The van der Waals surface area contributed by atoms with Crippen LogP contribution in [0.4, 0.5) is 5.69 Å². The van der Waals surface area contributed by atoms with E-state index in [1.165, 1.54) is 6.33 Å². The van der Waals surface area contributed by atoms with Gasteiger partial charge in [-0.15, -0.1) is 0 Å². The van der Waals surface area contributed by atoms with E-state index in [2.05, 4.69) is 15.3 Å². The van der Waals surface area contributed by atoms with E-state index in [0.717, 1.165) is 11.4 Å². The van der Waals surface area contributed by atoms with Crippen LogP contribution in [-0.2, 0) is 0 Å². The van der Waals surface area contributed by atoms with Crippen molar-refractivity contribution in [1.29, 1.82) is 0 Å². The number of aryl methyl sites for hydroxylation is 1. The summed E-state index contributed by atoms with van der Waals surface area (Å²) in [7, 11) is 0. The van der Waals surface area contributed by atoms with E-state index in [-0.39, 0.29) is 0 Å². The molecule has 0 fully saturated rings. The smallest absolute Gasteiger partial charge is 0.155 e. The Balaban J connectivity index is 2.96. The van der Waals surface area contributed by atoms with Gasteiger partial charge in [0.15, 0.2) is 5.15 Å². The van der Waals surface area contributed by atoms with Crippen molar-refractivity contribution < 1.29 is 0 Å². The van der Waals surface area contributed by atoms with Crippen molar-refractivity contribution in [2.45, 2.75) is 26.8 Å². The lowest BCUT2D eigenvalue weighted by Gasteiger charge is -2.12. The highest BCUT2D eigenvalue weighted by Gasteiger charge is 2.06. The Hall–Kier alpha value is -0.830. The van der Waals surface area contributed by atoms with Crippen molar-refractivity contribution in [3.8, 4) is 0 Å². The van der Waals surface area contributed by atoms with Crippen LogP contribution < -0.4 is 5.32 Å². The quantitative estimate of drug-likeness (QED) is 0.719. The molecule has 0 saturated carbocycles. The highest BCUT2D eigenvalue weighted by molar-refractivity contribution is 6.32. The molecule has 0 aliphatic heterocycles. The molecular weight excluding hydrogens is 174 g/mol. The zero-order valence-electron chi connectivity index (χ0n) is 7.43. The van der Waals surface area contributed by atoms with Crippen molar-refractivity contribution in [3.63, 3.8) is 0 Å². The van der Waals surface area contributed by atoms with E-state index in [4.69, 9.17) is 11.6 Å². The summed E-state index contributed by atoms with van der Waals surface area (Å²) in [6, 6.07) is 0.340. The highest BCUT2D eigenvalue weighted by Crippen LogP contribution is 2.21. The van der Waals surface area contributed by atoms with Gasteiger partial charge in [0.25, 0.3) is 0 Å². The van der Waals surface area contributed by atoms with Gasteiger partial charge in [0.05, 0.1) is 11.4 Å². The van der Waals surface area contributed by atoms with Gasteiger partial charge in [-0.2, -0.15) is 0 Å². The van der Waals surface area contributed by atoms with E-state index < -0.39 is 0 Å². The first-order valence-electron chi connectivity index (χ1n) is 3.85. The Morgan fingerprint density at radius 3 is 2.58 bits per heavy atom. The summed E-state index contributed by atoms with van der Waals surface area (Å²) in [5.74, 6) is 0. The van der Waals surface area contributed by atoms with Gasteiger partial charge in [-0.25, -0.2) is 9.97 Å². The Morgan fingerprint density at radius 1 is 1.42 bits per heavy atom. The van der Waals surface area contributed by atoms with Crippen LogP contribution in [0.15, 0.2) is 6.33 Å². The van der Waals surface area contributed by atoms with E-state index in [9.17, 15) is 0 Å². The van der Waals surface area contributed by atoms with Crippen molar-refractivity contribution in [2.75, 3.05) is 5.32 Å². The number of rotatable bonds is 2. The SMILES string of the molecule is Cc1ncnc(Cl)c1NC(C)C. The van der Waals surface area contributed by atoms with Gasteiger partial charge >= 0.3 is 0 Å². The van der Waals surface area contributed by atoms with Gasteiger partial charge < -0.3 is 5.32 Å². The fourth-order valence-corrected chi connectivity index (χ4v) is 1.13. The average molecular weight is 186 g/mol. The molecule has 1 heterocycles. The van der Waals surface area contributed by atoms with E-state index >= 15 is 0 Å². The molecule has 1 rings (SSSR count). The first-order chi connectivity index (χ1) is 5.61. The van der Waals surface area contributed by atoms with Crippen LogP contribution in [0.5, 0.6) is 0 Å². The largest absolute Gasteiger partial charge is 0.379 e. The maximum atomic E-state index is 5.86. The molecule has 1 aromatic heterocycles. The summed E-state index contributed by atoms with van der Waals surface area (Å²) in [6.07, 6.45) is 1.46. The molecule has 0 atom stereocenters. The number of nitrogens with zero attached hydrogens (tertiary/aromatic N) is 2. The Bertz CT molecular complexity index is 253. The number of nitrogens with one attached hydrogen (secondary N) is 1. The monoisotopic (exact) mass is 185 g/mol. The van der Waals surface area contributed by atoms with Crippen LogP contribution in [0.3, 0.4) is 0 Å².